The Morgan fingerprint density at radius 1 is 1.19 bits per heavy atom. The van der Waals surface area contributed by atoms with E-state index in [1.54, 1.807) is 0 Å². The number of hydrogen-bond acceptors (Lipinski definition) is 1. The van der Waals surface area contributed by atoms with E-state index >= 15 is 0 Å². The molecule has 1 aromatic rings. The van der Waals surface area contributed by atoms with Gasteiger partial charge in [-0.2, -0.15) is 0 Å². The van der Waals surface area contributed by atoms with Crippen molar-refractivity contribution in [3.63, 3.8) is 0 Å². The summed E-state index contributed by atoms with van der Waals surface area (Å²) in [5, 5.41) is 4.68. The minimum Gasteiger partial charge on any atom is -0.317 e. The fraction of sp³-hybridized carbons (Fsp3) is 0.538. The molecule has 0 heterocycles. The van der Waals surface area contributed by atoms with Gasteiger partial charge in [0.05, 0.1) is 10.0 Å². The molecule has 0 bridgehead atoms. The van der Waals surface area contributed by atoms with Crippen LogP contribution in [0.2, 0.25) is 10.0 Å². The molecular formula is C13H19Cl2N. The van der Waals surface area contributed by atoms with Crippen molar-refractivity contribution in [3.8, 4) is 0 Å². The first-order valence-electron chi connectivity index (χ1n) is 5.80. The van der Waals surface area contributed by atoms with Crippen LogP contribution >= 0.6 is 23.2 Å². The lowest BCUT2D eigenvalue weighted by molar-refractivity contribution is 0.591. The van der Waals surface area contributed by atoms with Crippen LogP contribution in [0.5, 0.6) is 0 Å². The SMILES string of the molecule is CCCNCCC(C)c1ccc(Cl)c(Cl)c1. The number of nitrogens with one attached hydrogen (secondary N) is 1. The summed E-state index contributed by atoms with van der Waals surface area (Å²) in [6.07, 6.45) is 2.30. The molecule has 0 saturated heterocycles. The molecule has 0 spiro atoms. The summed E-state index contributed by atoms with van der Waals surface area (Å²) in [5.74, 6) is 0.513. The molecule has 1 aromatic carbocycles. The highest BCUT2D eigenvalue weighted by Crippen LogP contribution is 2.27. The molecule has 3 heteroatoms. The predicted octanol–water partition coefficient (Wildman–Crippen LogP) is 4.49. The van der Waals surface area contributed by atoms with Gasteiger partial charge >= 0.3 is 0 Å². The minimum absolute atomic E-state index is 0.513. The minimum atomic E-state index is 0.513. The van der Waals surface area contributed by atoms with Crippen LogP contribution < -0.4 is 5.32 Å². The molecule has 0 aromatic heterocycles. The molecule has 0 aliphatic rings. The normalized spacial score (nSPS) is 12.8. The van der Waals surface area contributed by atoms with E-state index in [1.165, 1.54) is 12.0 Å². The molecule has 1 N–H and O–H groups in total. The van der Waals surface area contributed by atoms with E-state index in [0.717, 1.165) is 19.5 Å². The maximum absolute atomic E-state index is 5.99. The first-order valence-corrected chi connectivity index (χ1v) is 6.56. The second-order valence-electron chi connectivity index (χ2n) is 4.11. The summed E-state index contributed by atoms with van der Waals surface area (Å²) in [5.41, 5.74) is 1.26. The maximum Gasteiger partial charge on any atom is 0.0595 e. The highest BCUT2D eigenvalue weighted by Gasteiger charge is 2.07. The number of rotatable bonds is 6. The fourth-order valence-electron chi connectivity index (χ4n) is 1.61. The summed E-state index contributed by atoms with van der Waals surface area (Å²) in [6, 6.07) is 5.89. The van der Waals surface area contributed by atoms with Crippen molar-refractivity contribution in [1.29, 1.82) is 0 Å². The first-order chi connectivity index (χ1) is 7.65. The zero-order chi connectivity index (χ0) is 12.0. The van der Waals surface area contributed by atoms with Crippen LogP contribution in [0.25, 0.3) is 0 Å². The van der Waals surface area contributed by atoms with Crippen LogP contribution in [0.15, 0.2) is 18.2 Å². The van der Waals surface area contributed by atoms with E-state index < -0.39 is 0 Å². The molecule has 0 aliphatic heterocycles. The monoisotopic (exact) mass is 259 g/mol. The van der Waals surface area contributed by atoms with E-state index in [-0.39, 0.29) is 0 Å². The van der Waals surface area contributed by atoms with Crippen LogP contribution in [0.3, 0.4) is 0 Å². The molecule has 16 heavy (non-hydrogen) atoms. The third-order valence-electron chi connectivity index (χ3n) is 2.69. The lowest BCUT2D eigenvalue weighted by atomic mass is 9.98. The van der Waals surface area contributed by atoms with E-state index in [1.807, 2.05) is 12.1 Å². The van der Waals surface area contributed by atoms with Crippen molar-refractivity contribution < 1.29 is 0 Å². The maximum atomic E-state index is 5.99. The quantitative estimate of drug-likeness (QED) is 0.743. The summed E-state index contributed by atoms with van der Waals surface area (Å²) in [6.45, 7) is 6.53. The third kappa shape index (κ3) is 4.32. The Balaban J connectivity index is 2.46. The Morgan fingerprint density at radius 2 is 1.94 bits per heavy atom. The van der Waals surface area contributed by atoms with Crippen molar-refractivity contribution in [1.82, 2.24) is 5.32 Å². The topological polar surface area (TPSA) is 12.0 Å². The molecule has 0 fully saturated rings. The van der Waals surface area contributed by atoms with Gasteiger partial charge in [0.25, 0.3) is 0 Å². The third-order valence-corrected chi connectivity index (χ3v) is 3.43. The zero-order valence-corrected chi connectivity index (χ0v) is 11.4. The van der Waals surface area contributed by atoms with Gasteiger partial charge in [0.2, 0.25) is 0 Å². The van der Waals surface area contributed by atoms with E-state index in [2.05, 4.69) is 25.2 Å². The summed E-state index contributed by atoms with van der Waals surface area (Å²) in [4.78, 5) is 0. The van der Waals surface area contributed by atoms with Crippen molar-refractivity contribution in [2.75, 3.05) is 13.1 Å². The van der Waals surface area contributed by atoms with Crippen molar-refractivity contribution in [2.45, 2.75) is 32.6 Å². The van der Waals surface area contributed by atoms with Gasteiger partial charge in [-0.1, -0.05) is 43.1 Å². The molecule has 1 unspecified atom stereocenters. The van der Waals surface area contributed by atoms with Crippen LogP contribution in [0.1, 0.15) is 38.2 Å². The summed E-state index contributed by atoms with van der Waals surface area (Å²) >= 11 is 11.9. The average Bonchev–Trinajstić information content (AvgIpc) is 2.28. The highest BCUT2D eigenvalue weighted by molar-refractivity contribution is 6.42. The van der Waals surface area contributed by atoms with Crippen molar-refractivity contribution >= 4 is 23.2 Å². The first kappa shape index (κ1) is 13.8. The van der Waals surface area contributed by atoms with Crippen LogP contribution in [0.4, 0.5) is 0 Å². The molecule has 0 radical (unpaired) electrons. The second-order valence-corrected chi connectivity index (χ2v) is 4.93. The Morgan fingerprint density at radius 3 is 2.56 bits per heavy atom. The van der Waals surface area contributed by atoms with Gasteiger partial charge < -0.3 is 5.32 Å². The standard InChI is InChI=1S/C13H19Cl2N/c1-3-7-16-8-6-10(2)11-4-5-12(14)13(15)9-11/h4-5,9-10,16H,3,6-8H2,1-2H3. The van der Waals surface area contributed by atoms with E-state index in [4.69, 9.17) is 23.2 Å². The Hall–Kier alpha value is -0.240. The van der Waals surface area contributed by atoms with Gasteiger partial charge in [0.15, 0.2) is 0 Å². The van der Waals surface area contributed by atoms with Crippen molar-refractivity contribution in [3.05, 3.63) is 33.8 Å². The van der Waals surface area contributed by atoms with Gasteiger partial charge in [-0.05, 0) is 49.5 Å². The Kier molecular flexibility index (Phi) is 6.18. The number of hydrogen-bond donors (Lipinski definition) is 1. The Bertz CT molecular complexity index is 326. The molecule has 1 atom stereocenters. The highest BCUT2D eigenvalue weighted by atomic mass is 35.5. The van der Waals surface area contributed by atoms with Gasteiger partial charge in [0.1, 0.15) is 0 Å². The number of halogens is 2. The summed E-state index contributed by atoms with van der Waals surface area (Å²) < 4.78 is 0. The molecule has 1 rings (SSSR count). The van der Waals surface area contributed by atoms with Crippen LogP contribution in [0, 0.1) is 0 Å². The number of benzene rings is 1. The van der Waals surface area contributed by atoms with Crippen LogP contribution in [-0.2, 0) is 0 Å². The zero-order valence-electron chi connectivity index (χ0n) is 9.89. The van der Waals surface area contributed by atoms with Gasteiger partial charge in [0, 0.05) is 0 Å². The molecular weight excluding hydrogens is 241 g/mol. The van der Waals surface area contributed by atoms with Gasteiger partial charge in [-0.25, -0.2) is 0 Å². The van der Waals surface area contributed by atoms with Gasteiger partial charge in [-0.15, -0.1) is 0 Å². The Labute approximate surface area is 108 Å². The second kappa shape index (κ2) is 7.16. The molecule has 1 nitrogen and oxygen atoms in total. The molecule has 90 valence electrons. The summed E-state index contributed by atoms with van der Waals surface area (Å²) in [7, 11) is 0. The lowest BCUT2D eigenvalue weighted by Gasteiger charge is -2.13. The lowest BCUT2D eigenvalue weighted by Crippen LogP contribution is -2.17. The largest absolute Gasteiger partial charge is 0.317 e. The van der Waals surface area contributed by atoms with Crippen LogP contribution in [-0.4, -0.2) is 13.1 Å². The van der Waals surface area contributed by atoms with E-state index in [0.29, 0.717) is 16.0 Å². The average molecular weight is 260 g/mol. The van der Waals surface area contributed by atoms with E-state index in [9.17, 15) is 0 Å². The molecule has 0 aliphatic carbocycles. The predicted molar refractivity (Wildman–Crippen MR) is 72.7 cm³/mol. The smallest absolute Gasteiger partial charge is 0.0595 e. The fourth-order valence-corrected chi connectivity index (χ4v) is 1.91. The molecule has 0 saturated carbocycles. The van der Waals surface area contributed by atoms with Gasteiger partial charge in [-0.3, -0.25) is 0 Å². The van der Waals surface area contributed by atoms with Crippen molar-refractivity contribution in [2.24, 2.45) is 0 Å². The molecule has 0 amide bonds.